The van der Waals surface area contributed by atoms with Gasteiger partial charge in [0.1, 0.15) is 6.61 Å². The number of amides is 1. The van der Waals surface area contributed by atoms with Gasteiger partial charge in [0.05, 0.1) is 23.9 Å². The van der Waals surface area contributed by atoms with Gasteiger partial charge in [-0.1, -0.05) is 18.7 Å². The molecule has 0 fully saturated rings. The number of carbonyl (C=O) groups excluding carboxylic acids is 1. The summed E-state index contributed by atoms with van der Waals surface area (Å²) in [5.41, 5.74) is -1.86. The Morgan fingerprint density at radius 3 is 2.44 bits per heavy atom. The topological polar surface area (TPSA) is 88.4 Å². The summed E-state index contributed by atoms with van der Waals surface area (Å²) >= 11 is 0. The molecule has 0 saturated heterocycles. The minimum atomic E-state index is -4.89. The van der Waals surface area contributed by atoms with Crippen molar-refractivity contribution in [2.45, 2.75) is 6.18 Å². The molecule has 0 spiro atoms. The van der Waals surface area contributed by atoms with Crippen molar-refractivity contribution < 1.29 is 37.3 Å². The monoisotopic (exact) mass is 446 g/mol. The molecule has 3 rings (SSSR count). The van der Waals surface area contributed by atoms with Crippen LogP contribution in [0.1, 0.15) is 15.9 Å². The van der Waals surface area contributed by atoms with Crippen molar-refractivity contribution in [2.24, 2.45) is 5.10 Å². The van der Waals surface area contributed by atoms with Gasteiger partial charge >= 0.3 is 12.1 Å². The van der Waals surface area contributed by atoms with Gasteiger partial charge in [-0.05, 0) is 48.0 Å². The maximum Gasteiger partial charge on any atom is 0.435 e. The number of benzene rings is 2. The normalized spacial score (nSPS) is 15.0. The van der Waals surface area contributed by atoms with E-state index in [2.05, 4.69) is 11.7 Å². The molecule has 0 aliphatic carbocycles. The number of hydrazone groups is 1. The zero-order valence-corrected chi connectivity index (χ0v) is 16.7. The van der Waals surface area contributed by atoms with Crippen LogP contribution in [0, 0.1) is 0 Å². The molecule has 10 heteroatoms. The third-order valence-corrected chi connectivity index (χ3v) is 4.36. The molecule has 0 bridgehead atoms. The maximum atomic E-state index is 13.6. The van der Waals surface area contributed by atoms with Gasteiger partial charge in [-0.2, -0.15) is 23.3 Å². The number of alkyl halides is 3. The summed E-state index contributed by atoms with van der Waals surface area (Å²) in [6.07, 6.45) is -2.31. The number of aromatic carboxylic acids is 1. The fourth-order valence-corrected chi connectivity index (χ4v) is 2.88. The Kier molecular flexibility index (Phi) is 6.33. The Balaban J connectivity index is 2.01. The largest absolute Gasteiger partial charge is 0.493 e. The third-order valence-electron chi connectivity index (χ3n) is 4.36. The standard InChI is InChI=1S/C22H17F3N2O5/c1-3-10-32-17-9-4-13(12-18(17)31-2)11-16-19(22(23,24)25)26-27(20(16)28)15-7-5-14(6-8-15)21(29)30/h3-9,11-12H,1,10H2,2H3,(H,29,30). The molecule has 0 aromatic heterocycles. The van der Waals surface area contributed by atoms with Crippen molar-refractivity contribution in [3.05, 3.63) is 71.8 Å². The summed E-state index contributed by atoms with van der Waals surface area (Å²) in [6.45, 7) is 3.74. The molecule has 1 amide bonds. The minimum absolute atomic E-state index is 0.00379. The van der Waals surface area contributed by atoms with Crippen molar-refractivity contribution >= 4 is 29.4 Å². The predicted octanol–water partition coefficient (Wildman–Crippen LogP) is 4.31. The molecule has 0 atom stereocenters. The Bertz CT molecular complexity index is 1120. The second-order valence-corrected chi connectivity index (χ2v) is 6.48. The number of hydrogen-bond donors (Lipinski definition) is 1. The maximum absolute atomic E-state index is 13.6. The number of halogens is 3. The molecule has 0 radical (unpaired) electrons. The van der Waals surface area contributed by atoms with Crippen LogP contribution in [0.25, 0.3) is 6.08 Å². The van der Waals surface area contributed by atoms with Crippen LogP contribution in [0.3, 0.4) is 0 Å². The van der Waals surface area contributed by atoms with Gasteiger partial charge in [0.15, 0.2) is 17.2 Å². The Labute approximate surface area is 180 Å². The van der Waals surface area contributed by atoms with E-state index in [1.807, 2.05) is 0 Å². The van der Waals surface area contributed by atoms with Crippen LogP contribution < -0.4 is 14.5 Å². The summed E-state index contributed by atoms with van der Waals surface area (Å²) in [6, 6.07) is 9.15. The smallest absolute Gasteiger partial charge is 0.435 e. The molecule has 1 heterocycles. The van der Waals surface area contributed by atoms with Crippen molar-refractivity contribution in [1.29, 1.82) is 0 Å². The van der Waals surface area contributed by atoms with E-state index in [1.165, 1.54) is 55.7 Å². The van der Waals surface area contributed by atoms with Crippen LogP contribution in [-0.2, 0) is 4.79 Å². The highest BCUT2D eigenvalue weighted by atomic mass is 19.4. The number of ether oxygens (including phenoxy) is 2. The summed E-state index contributed by atoms with van der Waals surface area (Å²) in [7, 11) is 1.37. The van der Waals surface area contributed by atoms with Gasteiger partial charge < -0.3 is 14.6 Å². The number of nitrogens with zero attached hydrogens (tertiary/aromatic N) is 2. The first-order chi connectivity index (χ1) is 15.2. The highest BCUT2D eigenvalue weighted by Gasteiger charge is 2.46. The number of methoxy groups -OCH3 is 1. The average Bonchev–Trinajstić information content (AvgIpc) is 3.09. The highest BCUT2D eigenvalue weighted by Crippen LogP contribution is 2.34. The molecule has 2 aromatic rings. The van der Waals surface area contributed by atoms with Crippen molar-refractivity contribution in [1.82, 2.24) is 0 Å². The number of anilines is 1. The lowest BCUT2D eigenvalue weighted by Gasteiger charge is -2.12. The second-order valence-electron chi connectivity index (χ2n) is 6.48. The van der Waals surface area contributed by atoms with Crippen LogP contribution in [0.4, 0.5) is 18.9 Å². The zero-order chi connectivity index (χ0) is 23.5. The first-order valence-corrected chi connectivity index (χ1v) is 9.13. The van der Waals surface area contributed by atoms with Crippen LogP contribution in [0.5, 0.6) is 11.5 Å². The van der Waals surface area contributed by atoms with E-state index >= 15 is 0 Å². The molecule has 32 heavy (non-hydrogen) atoms. The van der Waals surface area contributed by atoms with E-state index in [0.717, 1.165) is 6.08 Å². The quantitative estimate of drug-likeness (QED) is 0.506. The Morgan fingerprint density at radius 1 is 1.19 bits per heavy atom. The van der Waals surface area contributed by atoms with Crippen LogP contribution in [0.2, 0.25) is 0 Å². The van der Waals surface area contributed by atoms with E-state index in [9.17, 15) is 22.8 Å². The van der Waals surface area contributed by atoms with Crippen LogP contribution in [0.15, 0.2) is 65.8 Å². The van der Waals surface area contributed by atoms with Crippen molar-refractivity contribution in [2.75, 3.05) is 18.7 Å². The van der Waals surface area contributed by atoms with Crippen molar-refractivity contribution in [3.8, 4) is 11.5 Å². The third kappa shape index (κ3) is 4.64. The first-order valence-electron chi connectivity index (χ1n) is 9.13. The van der Waals surface area contributed by atoms with E-state index in [1.54, 1.807) is 0 Å². The molecule has 2 aromatic carbocycles. The van der Waals surface area contributed by atoms with E-state index in [-0.39, 0.29) is 29.2 Å². The SMILES string of the molecule is C=CCOc1ccc(C=C2C(=O)N(c3ccc(C(=O)O)cc3)N=C2C(F)(F)F)cc1OC. The number of carboxylic acid groups (broad SMARTS) is 1. The highest BCUT2D eigenvalue weighted by molar-refractivity contribution is 6.34. The molecular weight excluding hydrogens is 429 g/mol. The summed E-state index contributed by atoms with van der Waals surface area (Å²) in [5, 5.41) is 13.0. The molecule has 1 aliphatic rings. The number of hydrogen-bond acceptors (Lipinski definition) is 5. The lowest BCUT2D eigenvalue weighted by Crippen LogP contribution is -2.25. The fourth-order valence-electron chi connectivity index (χ4n) is 2.88. The lowest BCUT2D eigenvalue weighted by atomic mass is 10.1. The Morgan fingerprint density at radius 2 is 1.88 bits per heavy atom. The van der Waals surface area contributed by atoms with Crippen LogP contribution in [-0.4, -0.2) is 42.6 Å². The lowest BCUT2D eigenvalue weighted by molar-refractivity contribution is -0.114. The summed E-state index contributed by atoms with van der Waals surface area (Å²) in [5.74, 6) is -1.60. The van der Waals surface area contributed by atoms with Crippen LogP contribution >= 0.6 is 0 Å². The van der Waals surface area contributed by atoms with Gasteiger partial charge in [-0.25, -0.2) is 4.79 Å². The predicted molar refractivity (Wildman–Crippen MR) is 111 cm³/mol. The number of carboxylic acids is 1. The Hall–Kier alpha value is -4.08. The second kappa shape index (κ2) is 8.96. The van der Waals surface area contributed by atoms with Gasteiger partial charge in [0, 0.05) is 0 Å². The minimum Gasteiger partial charge on any atom is -0.493 e. The molecule has 0 unspecified atom stereocenters. The number of carbonyl (C=O) groups is 2. The molecule has 7 nitrogen and oxygen atoms in total. The molecule has 1 N–H and O–H groups in total. The van der Waals surface area contributed by atoms with Gasteiger partial charge in [0.25, 0.3) is 5.91 Å². The van der Waals surface area contributed by atoms with E-state index in [0.29, 0.717) is 10.8 Å². The molecular formula is C22H17F3N2O5. The van der Waals surface area contributed by atoms with Gasteiger partial charge in [-0.3, -0.25) is 4.79 Å². The zero-order valence-electron chi connectivity index (χ0n) is 16.7. The summed E-state index contributed by atoms with van der Waals surface area (Å²) < 4.78 is 51.5. The van der Waals surface area contributed by atoms with E-state index in [4.69, 9.17) is 14.6 Å². The molecule has 0 saturated carbocycles. The van der Waals surface area contributed by atoms with Gasteiger partial charge in [0.2, 0.25) is 0 Å². The summed E-state index contributed by atoms with van der Waals surface area (Å²) in [4.78, 5) is 23.8. The van der Waals surface area contributed by atoms with E-state index < -0.39 is 29.3 Å². The average molecular weight is 446 g/mol. The molecule has 1 aliphatic heterocycles. The number of rotatable bonds is 7. The van der Waals surface area contributed by atoms with Gasteiger partial charge in [-0.15, -0.1) is 0 Å². The fraction of sp³-hybridized carbons (Fsp3) is 0.136. The first kappa shape index (κ1) is 22.6. The molecule has 166 valence electrons. The van der Waals surface area contributed by atoms with Crippen molar-refractivity contribution in [3.63, 3.8) is 0 Å².